The Morgan fingerprint density at radius 3 is 2.07 bits per heavy atom. The fourth-order valence-electron chi connectivity index (χ4n) is 2.25. The van der Waals surface area contributed by atoms with Crippen LogP contribution in [-0.4, -0.2) is 34.6 Å². The van der Waals surface area contributed by atoms with E-state index in [2.05, 4.69) is 18.7 Å². The molecule has 1 heterocycles. The van der Waals surface area contributed by atoms with Gasteiger partial charge < -0.3 is 5.11 Å². The molecule has 0 saturated carbocycles. The van der Waals surface area contributed by atoms with E-state index in [4.69, 9.17) is 5.11 Å². The summed E-state index contributed by atoms with van der Waals surface area (Å²) in [6.45, 7) is 9.79. The fourth-order valence-corrected chi connectivity index (χ4v) is 2.25. The molecule has 1 aliphatic heterocycles. The topological polar surface area (TPSA) is 40.5 Å². The number of hydrogen-bond donors (Lipinski definition) is 1. The molecule has 0 aromatic carbocycles. The number of carboxylic acids is 1. The van der Waals surface area contributed by atoms with Gasteiger partial charge in [-0.15, -0.1) is 0 Å². The Morgan fingerprint density at radius 2 is 1.71 bits per heavy atom. The predicted molar refractivity (Wildman–Crippen MR) is 56.2 cm³/mol. The summed E-state index contributed by atoms with van der Waals surface area (Å²) < 4.78 is 0. The van der Waals surface area contributed by atoms with Gasteiger partial charge in [0.25, 0.3) is 0 Å². The highest BCUT2D eigenvalue weighted by Gasteiger charge is 2.38. The molecule has 0 unspecified atom stereocenters. The number of nitrogens with zero attached hydrogens (tertiary/aromatic N) is 1. The minimum atomic E-state index is -0.723. The van der Waals surface area contributed by atoms with Crippen LogP contribution in [0.25, 0.3) is 0 Å². The summed E-state index contributed by atoms with van der Waals surface area (Å²) >= 11 is 0. The maximum absolute atomic E-state index is 11.1. The smallest absolute Gasteiger partial charge is 0.323 e. The predicted octanol–water partition coefficient (Wildman–Crippen LogP) is 1.83. The van der Waals surface area contributed by atoms with Crippen molar-refractivity contribution in [1.29, 1.82) is 0 Å². The molecule has 1 rings (SSSR count). The molecule has 3 heteroatoms. The van der Waals surface area contributed by atoms with Crippen LogP contribution in [0.15, 0.2) is 0 Å². The van der Waals surface area contributed by atoms with Gasteiger partial charge in [0.05, 0.1) is 0 Å². The van der Waals surface area contributed by atoms with E-state index in [0.29, 0.717) is 11.8 Å². The Morgan fingerprint density at radius 1 is 1.29 bits per heavy atom. The van der Waals surface area contributed by atoms with Gasteiger partial charge >= 0.3 is 5.97 Å². The molecule has 1 N–H and O–H groups in total. The van der Waals surface area contributed by atoms with Crippen molar-refractivity contribution in [2.75, 3.05) is 13.1 Å². The largest absolute Gasteiger partial charge is 0.480 e. The van der Waals surface area contributed by atoms with E-state index in [-0.39, 0.29) is 0 Å². The lowest BCUT2D eigenvalue weighted by Gasteiger charge is -2.42. The zero-order valence-electron chi connectivity index (χ0n) is 9.58. The van der Waals surface area contributed by atoms with Gasteiger partial charge in [-0.05, 0) is 32.1 Å². The van der Waals surface area contributed by atoms with Crippen LogP contribution in [0.5, 0.6) is 0 Å². The molecule has 82 valence electrons. The monoisotopic (exact) mass is 199 g/mol. The van der Waals surface area contributed by atoms with E-state index in [1.807, 2.05) is 0 Å². The molecular weight excluding hydrogens is 178 g/mol. The van der Waals surface area contributed by atoms with Crippen molar-refractivity contribution in [3.05, 3.63) is 0 Å². The first-order valence-electron chi connectivity index (χ1n) is 5.32. The van der Waals surface area contributed by atoms with Crippen molar-refractivity contribution in [2.45, 2.75) is 39.7 Å². The number of rotatable bonds is 2. The third-order valence-electron chi connectivity index (χ3n) is 3.18. The number of aliphatic carboxylic acids is 1. The van der Waals surface area contributed by atoms with Gasteiger partial charge in [0, 0.05) is 13.1 Å². The van der Waals surface area contributed by atoms with Crippen molar-refractivity contribution in [1.82, 2.24) is 4.90 Å². The number of likely N-dealkylation sites (tertiary alicyclic amines) is 1. The average molecular weight is 199 g/mol. The van der Waals surface area contributed by atoms with Gasteiger partial charge in [0.1, 0.15) is 5.54 Å². The Bertz CT molecular complexity index is 215. The normalized spacial score (nSPS) is 30.3. The van der Waals surface area contributed by atoms with E-state index in [1.165, 1.54) is 6.42 Å². The Kier molecular flexibility index (Phi) is 3.20. The second-order valence-corrected chi connectivity index (χ2v) is 5.22. The van der Waals surface area contributed by atoms with E-state index < -0.39 is 11.5 Å². The molecule has 0 aromatic heterocycles. The summed E-state index contributed by atoms with van der Waals surface area (Å²) in [6, 6.07) is 0. The van der Waals surface area contributed by atoms with Crippen LogP contribution >= 0.6 is 0 Å². The molecule has 3 nitrogen and oxygen atoms in total. The van der Waals surface area contributed by atoms with Crippen LogP contribution in [0.3, 0.4) is 0 Å². The fraction of sp³-hybridized carbons (Fsp3) is 0.909. The molecule has 1 aliphatic rings. The Labute approximate surface area is 86.1 Å². The van der Waals surface area contributed by atoms with Crippen LogP contribution in [0, 0.1) is 11.8 Å². The highest BCUT2D eigenvalue weighted by Crippen LogP contribution is 2.27. The molecule has 2 atom stereocenters. The van der Waals surface area contributed by atoms with Gasteiger partial charge in [-0.3, -0.25) is 9.69 Å². The zero-order chi connectivity index (χ0) is 10.9. The number of piperidine rings is 1. The molecule has 0 amide bonds. The quantitative estimate of drug-likeness (QED) is 0.737. The number of carbonyl (C=O) groups is 1. The summed E-state index contributed by atoms with van der Waals surface area (Å²) in [7, 11) is 0. The second kappa shape index (κ2) is 3.89. The molecule has 0 aliphatic carbocycles. The summed E-state index contributed by atoms with van der Waals surface area (Å²) in [6.07, 6.45) is 1.21. The first-order chi connectivity index (χ1) is 6.34. The SMILES string of the molecule is C[C@H]1C[C@H](C)CN(C(C)(C)C(=O)O)C1. The summed E-state index contributed by atoms with van der Waals surface area (Å²) in [5.41, 5.74) is -0.719. The standard InChI is InChI=1S/C11H21NO2/c1-8-5-9(2)7-12(6-8)11(3,4)10(13)14/h8-9H,5-7H2,1-4H3,(H,13,14)/t8-,9-/m0/s1. The van der Waals surface area contributed by atoms with Crippen LogP contribution < -0.4 is 0 Å². The Balaban J connectivity index is 2.72. The lowest BCUT2D eigenvalue weighted by Crippen LogP contribution is -2.55. The molecule has 0 bridgehead atoms. The first kappa shape index (κ1) is 11.5. The van der Waals surface area contributed by atoms with E-state index in [9.17, 15) is 4.79 Å². The van der Waals surface area contributed by atoms with Crippen molar-refractivity contribution in [3.8, 4) is 0 Å². The van der Waals surface area contributed by atoms with Crippen LogP contribution in [-0.2, 0) is 4.79 Å². The lowest BCUT2D eigenvalue weighted by atomic mass is 9.88. The molecule has 1 fully saturated rings. The van der Waals surface area contributed by atoms with E-state index >= 15 is 0 Å². The van der Waals surface area contributed by atoms with Gasteiger partial charge in [0.15, 0.2) is 0 Å². The van der Waals surface area contributed by atoms with Gasteiger partial charge in [0.2, 0.25) is 0 Å². The van der Waals surface area contributed by atoms with Crippen LogP contribution in [0.2, 0.25) is 0 Å². The molecule has 0 spiro atoms. The molecule has 14 heavy (non-hydrogen) atoms. The van der Waals surface area contributed by atoms with Crippen molar-refractivity contribution in [3.63, 3.8) is 0 Å². The summed E-state index contributed by atoms with van der Waals surface area (Å²) in [5.74, 6) is 0.494. The summed E-state index contributed by atoms with van der Waals surface area (Å²) in [4.78, 5) is 13.2. The molecule has 1 saturated heterocycles. The third-order valence-corrected chi connectivity index (χ3v) is 3.18. The van der Waals surface area contributed by atoms with E-state index in [0.717, 1.165) is 13.1 Å². The van der Waals surface area contributed by atoms with Crippen LogP contribution in [0.4, 0.5) is 0 Å². The molecule has 0 aromatic rings. The summed E-state index contributed by atoms with van der Waals surface area (Å²) in [5, 5.41) is 9.12. The van der Waals surface area contributed by atoms with Gasteiger partial charge in [-0.1, -0.05) is 13.8 Å². The van der Waals surface area contributed by atoms with Crippen LogP contribution in [0.1, 0.15) is 34.1 Å². The number of hydrogen-bond acceptors (Lipinski definition) is 2. The second-order valence-electron chi connectivity index (χ2n) is 5.22. The zero-order valence-corrected chi connectivity index (χ0v) is 9.58. The number of carboxylic acid groups (broad SMARTS) is 1. The maximum atomic E-state index is 11.1. The van der Waals surface area contributed by atoms with Gasteiger partial charge in [-0.25, -0.2) is 0 Å². The lowest BCUT2D eigenvalue weighted by molar-refractivity contribution is -0.151. The molecular formula is C11H21NO2. The minimum absolute atomic E-state index is 0.609. The highest BCUT2D eigenvalue weighted by molar-refractivity contribution is 5.77. The van der Waals surface area contributed by atoms with E-state index in [1.54, 1.807) is 13.8 Å². The Hall–Kier alpha value is -0.570. The molecule has 0 radical (unpaired) electrons. The highest BCUT2D eigenvalue weighted by atomic mass is 16.4. The third kappa shape index (κ3) is 2.27. The van der Waals surface area contributed by atoms with Crippen molar-refractivity contribution < 1.29 is 9.90 Å². The first-order valence-corrected chi connectivity index (χ1v) is 5.32. The minimum Gasteiger partial charge on any atom is -0.480 e. The maximum Gasteiger partial charge on any atom is 0.323 e. The average Bonchev–Trinajstić information content (AvgIpc) is 2.01. The van der Waals surface area contributed by atoms with Crippen molar-refractivity contribution in [2.24, 2.45) is 11.8 Å². The van der Waals surface area contributed by atoms with Crippen molar-refractivity contribution >= 4 is 5.97 Å². The van der Waals surface area contributed by atoms with Gasteiger partial charge in [-0.2, -0.15) is 0 Å².